The Labute approximate surface area is 176 Å². The minimum atomic E-state index is 0.0346. The van der Waals surface area contributed by atoms with Crippen LogP contribution in [0.2, 0.25) is 0 Å². The van der Waals surface area contributed by atoms with Gasteiger partial charge in [-0.2, -0.15) is 0 Å². The molecule has 0 unspecified atom stereocenters. The molecule has 3 aromatic carbocycles. The van der Waals surface area contributed by atoms with Crippen molar-refractivity contribution in [2.75, 3.05) is 6.54 Å². The lowest BCUT2D eigenvalue weighted by atomic mass is 10.1. The highest BCUT2D eigenvalue weighted by Gasteiger charge is 2.13. The first-order chi connectivity index (χ1) is 14.7. The molecular weight excluding hydrogens is 374 g/mol. The van der Waals surface area contributed by atoms with Gasteiger partial charge < -0.3 is 10.4 Å². The highest BCUT2D eigenvalue weighted by Crippen LogP contribution is 2.22. The first kappa shape index (κ1) is 19.7. The first-order valence-corrected chi connectivity index (χ1v) is 10.3. The Balaban J connectivity index is 1.35. The van der Waals surface area contributed by atoms with Crippen LogP contribution in [0.25, 0.3) is 16.7 Å². The highest BCUT2D eigenvalue weighted by molar-refractivity contribution is 5.79. The summed E-state index contributed by atoms with van der Waals surface area (Å²) in [5.74, 6) is 1.20. The summed E-state index contributed by atoms with van der Waals surface area (Å²) in [7, 11) is 0. The standard InChI is InChI=1S/C25H25N3O2/c29-21-14-12-19(13-15-21)7-6-18-26-25(30)17-16-24-27-22-10-4-5-11-23(22)28(24)20-8-2-1-3-9-20/h1-5,8-15,29H,6-7,16-18H2,(H,26,30). The van der Waals surface area contributed by atoms with Crippen molar-refractivity contribution in [1.82, 2.24) is 14.9 Å². The normalized spacial score (nSPS) is 10.9. The molecule has 0 aliphatic carbocycles. The lowest BCUT2D eigenvalue weighted by molar-refractivity contribution is -0.121. The number of imidazole rings is 1. The van der Waals surface area contributed by atoms with Crippen molar-refractivity contribution < 1.29 is 9.90 Å². The van der Waals surface area contributed by atoms with Crippen LogP contribution in [0.4, 0.5) is 0 Å². The average molecular weight is 399 g/mol. The SMILES string of the molecule is O=C(CCc1nc2ccccc2n1-c1ccccc1)NCCCc1ccc(O)cc1. The zero-order valence-electron chi connectivity index (χ0n) is 16.8. The van der Waals surface area contributed by atoms with Crippen molar-refractivity contribution in [3.8, 4) is 11.4 Å². The lowest BCUT2D eigenvalue weighted by Crippen LogP contribution is -2.25. The van der Waals surface area contributed by atoms with Gasteiger partial charge in [0.25, 0.3) is 0 Å². The number of hydrogen-bond donors (Lipinski definition) is 2. The van der Waals surface area contributed by atoms with Gasteiger partial charge >= 0.3 is 0 Å². The fourth-order valence-electron chi connectivity index (χ4n) is 3.61. The fourth-order valence-corrected chi connectivity index (χ4v) is 3.61. The second kappa shape index (κ2) is 9.27. The predicted octanol–water partition coefficient (Wildman–Crippen LogP) is 4.41. The number of aryl methyl sites for hydroxylation is 2. The third-order valence-corrected chi connectivity index (χ3v) is 5.12. The summed E-state index contributed by atoms with van der Waals surface area (Å²) in [6, 6.07) is 25.4. The number of benzene rings is 3. The molecule has 0 saturated heterocycles. The molecule has 0 saturated carbocycles. The molecular formula is C25H25N3O2. The van der Waals surface area contributed by atoms with E-state index in [0.717, 1.165) is 41.0 Å². The van der Waals surface area contributed by atoms with Gasteiger partial charge in [0.1, 0.15) is 11.6 Å². The number of phenols is 1. The van der Waals surface area contributed by atoms with Crippen LogP contribution in [-0.2, 0) is 17.6 Å². The van der Waals surface area contributed by atoms with E-state index in [1.807, 2.05) is 48.5 Å². The number of phenolic OH excluding ortho intramolecular Hbond substituents is 1. The lowest BCUT2D eigenvalue weighted by Gasteiger charge is -2.10. The smallest absolute Gasteiger partial charge is 0.220 e. The molecule has 5 heteroatoms. The first-order valence-electron chi connectivity index (χ1n) is 10.3. The van der Waals surface area contributed by atoms with Crippen molar-refractivity contribution in [1.29, 1.82) is 0 Å². The molecule has 0 aliphatic heterocycles. The summed E-state index contributed by atoms with van der Waals surface area (Å²) in [6.45, 7) is 0.634. The molecule has 4 aromatic rings. The summed E-state index contributed by atoms with van der Waals surface area (Å²) < 4.78 is 2.13. The van der Waals surface area contributed by atoms with Gasteiger partial charge in [-0.15, -0.1) is 0 Å². The Morgan fingerprint density at radius 3 is 2.43 bits per heavy atom. The number of amides is 1. The van der Waals surface area contributed by atoms with Gasteiger partial charge in [-0.25, -0.2) is 4.98 Å². The van der Waals surface area contributed by atoms with Crippen LogP contribution in [0, 0.1) is 0 Å². The Morgan fingerprint density at radius 1 is 0.900 bits per heavy atom. The van der Waals surface area contributed by atoms with Crippen LogP contribution >= 0.6 is 0 Å². The molecule has 0 radical (unpaired) electrons. The molecule has 0 spiro atoms. The zero-order chi connectivity index (χ0) is 20.8. The Bertz CT molecular complexity index is 1120. The van der Waals surface area contributed by atoms with Gasteiger partial charge in [-0.05, 0) is 54.8 Å². The molecule has 0 atom stereocenters. The maximum atomic E-state index is 12.4. The minimum absolute atomic E-state index is 0.0346. The number of carbonyl (C=O) groups excluding carboxylic acids is 1. The zero-order valence-corrected chi connectivity index (χ0v) is 16.8. The van der Waals surface area contributed by atoms with E-state index in [1.165, 1.54) is 0 Å². The predicted molar refractivity (Wildman–Crippen MR) is 119 cm³/mol. The molecule has 4 rings (SSSR count). The average Bonchev–Trinajstić information content (AvgIpc) is 3.15. The number of rotatable bonds is 8. The van der Waals surface area contributed by atoms with Gasteiger partial charge in [-0.3, -0.25) is 9.36 Å². The Hall–Kier alpha value is -3.60. The Morgan fingerprint density at radius 2 is 1.63 bits per heavy atom. The van der Waals surface area contributed by atoms with E-state index in [-0.39, 0.29) is 11.7 Å². The van der Waals surface area contributed by atoms with Gasteiger partial charge in [0.15, 0.2) is 0 Å². The number of fused-ring (bicyclic) bond motifs is 1. The van der Waals surface area contributed by atoms with Crippen LogP contribution in [0.15, 0.2) is 78.9 Å². The summed E-state index contributed by atoms with van der Waals surface area (Å²) in [6.07, 6.45) is 2.70. The van der Waals surface area contributed by atoms with E-state index in [2.05, 4.69) is 28.1 Å². The third kappa shape index (κ3) is 4.69. The molecule has 0 aliphatic rings. The quantitative estimate of drug-likeness (QED) is 0.431. The van der Waals surface area contributed by atoms with E-state index in [0.29, 0.717) is 19.4 Å². The second-order valence-electron chi connectivity index (χ2n) is 7.31. The summed E-state index contributed by atoms with van der Waals surface area (Å²) in [5.41, 5.74) is 4.19. The van der Waals surface area contributed by atoms with Crippen LogP contribution in [-0.4, -0.2) is 27.1 Å². The molecule has 30 heavy (non-hydrogen) atoms. The van der Waals surface area contributed by atoms with Crippen molar-refractivity contribution >= 4 is 16.9 Å². The monoisotopic (exact) mass is 399 g/mol. The second-order valence-corrected chi connectivity index (χ2v) is 7.31. The number of para-hydroxylation sites is 3. The van der Waals surface area contributed by atoms with E-state index in [1.54, 1.807) is 12.1 Å². The minimum Gasteiger partial charge on any atom is -0.508 e. The van der Waals surface area contributed by atoms with E-state index in [9.17, 15) is 9.90 Å². The highest BCUT2D eigenvalue weighted by atomic mass is 16.3. The third-order valence-electron chi connectivity index (χ3n) is 5.12. The van der Waals surface area contributed by atoms with Crippen LogP contribution < -0.4 is 5.32 Å². The van der Waals surface area contributed by atoms with E-state index in [4.69, 9.17) is 4.98 Å². The van der Waals surface area contributed by atoms with Crippen LogP contribution in [0.1, 0.15) is 24.2 Å². The van der Waals surface area contributed by atoms with Gasteiger partial charge in [0.2, 0.25) is 5.91 Å². The van der Waals surface area contributed by atoms with Gasteiger partial charge in [-0.1, -0.05) is 42.5 Å². The van der Waals surface area contributed by atoms with E-state index < -0.39 is 0 Å². The largest absolute Gasteiger partial charge is 0.508 e. The molecule has 0 bridgehead atoms. The topological polar surface area (TPSA) is 67.2 Å². The number of nitrogens with one attached hydrogen (secondary N) is 1. The molecule has 1 amide bonds. The summed E-state index contributed by atoms with van der Waals surface area (Å²) in [4.78, 5) is 17.1. The molecule has 0 fully saturated rings. The number of hydrogen-bond acceptors (Lipinski definition) is 3. The maximum absolute atomic E-state index is 12.4. The molecule has 152 valence electrons. The van der Waals surface area contributed by atoms with Crippen molar-refractivity contribution in [2.45, 2.75) is 25.7 Å². The molecule has 1 aromatic heterocycles. The maximum Gasteiger partial charge on any atom is 0.220 e. The molecule has 2 N–H and O–H groups in total. The van der Waals surface area contributed by atoms with Gasteiger partial charge in [0, 0.05) is 25.1 Å². The van der Waals surface area contributed by atoms with E-state index >= 15 is 0 Å². The van der Waals surface area contributed by atoms with Gasteiger partial charge in [0.05, 0.1) is 11.0 Å². The number of nitrogens with zero attached hydrogens (tertiary/aromatic N) is 2. The number of aromatic hydroxyl groups is 1. The van der Waals surface area contributed by atoms with Crippen LogP contribution in [0.5, 0.6) is 5.75 Å². The number of aromatic nitrogens is 2. The Kier molecular flexibility index (Phi) is 6.09. The molecule has 1 heterocycles. The fraction of sp³-hybridized carbons (Fsp3) is 0.200. The summed E-state index contributed by atoms with van der Waals surface area (Å²) in [5, 5.41) is 12.3. The van der Waals surface area contributed by atoms with Crippen molar-refractivity contribution in [2.24, 2.45) is 0 Å². The molecule has 5 nitrogen and oxygen atoms in total. The number of carbonyl (C=O) groups is 1. The summed E-state index contributed by atoms with van der Waals surface area (Å²) >= 11 is 0. The van der Waals surface area contributed by atoms with Crippen molar-refractivity contribution in [3.63, 3.8) is 0 Å². The van der Waals surface area contributed by atoms with Crippen molar-refractivity contribution in [3.05, 3.63) is 90.3 Å². The van der Waals surface area contributed by atoms with Crippen LogP contribution in [0.3, 0.4) is 0 Å².